The van der Waals surface area contributed by atoms with Gasteiger partial charge in [0.1, 0.15) is 5.82 Å². The van der Waals surface area contributed by atoms with Gasteiger partial charge in [0, 0.05) is 25.4 Å². The Labute approximate surface area is 78.4 Å². The van der Waals surface area contributed by atoms with Crippen molar-refractivity contribution < 1.29 is 5.11 Å². The molecule has 3 nitrogen and oxygen atoms in total. The number of rotatable bonds is 1. The van der Waals surface area contributed by atoms with Crippen molar-refractivity contribution in [1.29, 1.82) is 0 Å². The highest BCUT2D eigenvalue weighted by atomic mass is 16.3. The zero-order valence-electron chi connectivity index (χ0n) is 7.98. The fourth-order valence-electron chi connectivity index (χ4n) is 2.17. The van der Waals surface area contributed by atoms with Crippen LogP contribution in [0.15, 0.2) is 12.4 Å². The van der Waals surface area contributed by atoms with E-state index in [-0.39, 0.29) is 6.10 Å². The summed E-state index contributed by atoms with van der Waals surface area (Å²) in [5.41, 5.74) is 0. The third-order valence-electron chi connectivity index (χ3n) is 2.87. The van der Waals surface area contributed by atoms with E-state index in [1.54, 1.807) is 0 Å². The number of nitrogens with zero attached hydrogens (tertiary/aromatic N) is 2. The minimum absolute atomic E-state index is 0.115. The third kappa shape index (κ3) is 1.75. The molecule has 1 aliphatic carbocycles. The van der Waals surface area contributed by atoms with Crippen LogP contribution < -0.4 is 0 Å². The number of aryl methyl sites for hydroxylation is 1. The summed E-state index contributed by atoms with van der Waals surface area (Å²) in [5, 5.41) is 9.53. The Kier molecular flexibility index (Phi) is 2.36. The first-order valence-electron chi connectivity index (χ1n) is 4.92. The molecular formula is C10H16N2O. The molecule has 2 atom stereocenters. The van der Waals surface area contributed by atoms with Crippen LogP contribution in [0.1, 0.15) is 37.4 Å². The van der Waals surface area contributed by atoms with E-state index in [0.29, 0.717) is 5.92 Å². The van der Waals surface area contributed by atoms with E-state index in [4.69, 9.17) is 0 Å². The maximum atomic E-state index is 9.53. The summed E-state index contributed by atoms with van der Waals surface area (Å²) in [5.74, 6) is 1.59. The summed E-state index contributed by atoms with van der Waals surface area (Å²) in [6.07, 6.45) is 7.81. The molecule has 0 saturated heterocycles. The highest BCUT2D eigenvalue weighted by Crippen LogP contribution is 2.31. The summed E-state index contributed by atoms with van der Waals surface area (Å²) >= 11 is 0. The van der Waals surface area contributed by atoms with E-state index in [9.17, 15) is 5.11 Å². The molecule has 2 unspecified atom stereocenters. The second-order valence-electron chi connectivity index (χ2n) is 3.91. The molecule has 1 saturated carbocycles. The second-order valence-corrected chi connectivity index (χ2v) is 3.91. The predicted molar refractivity (Wildman–Crippen MR) is 50.4 cm³/mol. The standard InChI is InChI=1S/C10H16N2O/c1-12-6-5-11-10(12)8-3-2-4-9(13)7-8/h5-6,8-9,13H,2-4,7H2,1H3. The van der Waals surface area contributed by atoms with Crippen LogP contribution in [0, 0.1) is 0 Å². The largest absolute Gasteiger partial charge is 0.393 e. The third-order valence-corrected chi connectivity index (χ3v) is 2.87. The topological polar surface area (TPSA) is 38.0 Å². The molecule has 1 heterocycles. The Morgan fingerprint density at radius 3 is 3.00 bits per heavy atom. The van der Waals surface area contributed by atoms with Crippen LogP contribution in [0.5, 0.6) is 0 Å². The molecule has 0 bridgehead atoms. The number of aliphatic hydroxyl groups is 1. The summed E-state index contributed by atoms with van der Waals surface area (Å²) in [7, 11) is 2.02. The number of hydrogen-bond acceptors (Lipinski definition) is 2. The van der Waals surface area contributed by atoms with Gasteiger partial charge in [-0.15, -0.1) is 0 Å². The summed E-state index contributed by atoms with van der Waals surface area (Å²) in [4.78, 5) is 4.33. The molecule has 1 aromatic rings. The Morgan fingerprint density at radius 2 is 2.38 bits per heavy atom. The average molecular weight is 180 g/mol. The van der Waals surface area contributed by atoms with Crippen molar-refractivity contribution in [3.05, 3.63) is 18.2 Å². The van der Waals surface area contributed by atoms with Crippen LogP contribution in [0.4, 0.5) is 0 Å². The molecule has 1 fully saturated rings. The van der Waals surface area contributed by atoms with E-state index in [0.717, 1.165) is 25.1 Å². The molecule has 1 aliphatic rings. The van der Waals surface area contributed by atoms with Gasteiger partial charge in [-0.1, -0.05) is 6.42 Å². The molecule has 0 spiro atoms. The Balaban J connectivity index is 2.12. The van der Waals surface area contributed by atoms with Gasteiger partial charge in [0.25, 0.3) is 0 Å². The first-order chi connectivity index (χ1) is 6.27. The highest BCUT2D eigenvalue weighted by Gasteiger charge is 2.23. The van der Waals surface area contributed by atoms with Gasteiger partial charge in [-0.05, 0) is 19.3 Å². The molecule has 0 radical (unpaired) electrons. The van der Waals surface area contributed by atoms with Crippen LogP contribution in [0.3, 0.4) is 0 Å². The van der Waals surface area contributed by atoms with Crippen molar-refractivity contribution in [2.45, 2.75) is 37.7 Å². The van der Waals surface area contributed by atoms with Crippen LogP contribution in [0.2, 0.25) is 0 Å². The summed E-state index contributed by atoms with van der Waals surface area (Å²) < 4.78 is 2.06. The van der Waals surface area contributed by atoms with Crippen molar-refractivity contribution in [2.75, 3.05) is 0 Å². The van der Waals surface area contributed by atoms with Gasteiger partial charge < -0.3 is 9.67 Å². The van der Waals surface area contributed by atoms with Crippen molar-refractivity contribution >= 4 is 0 Å². The molecule has 13 heavy (non-hydrogen) atoms. The molecule has 3 heteroatoms. The van der Waals surface area contributed by atoms with Crippen molar-refractivity contribution in [3.8, 4) is 0 Å². The molecule has 2 rings (SSSR count). The molecular weight excluding hydrogens is 164 g/mol. The number of aromatic nitrogens is 2. The number of hydrogen-bond donors (Lipinski definition) is 1. The molecule has 72 valence electrons. The van der Waals surface area contributed by atoms with Crippen molar-refractivity contribution in [3.63, 3.8) is 0 Å². The van der Waals surface area contributed by atoms with Crippen LogP contribution in [0.25, 0.3) is 0 Å². The lowest BCUT2D eigenvalue weighted by Crippen LogP contribution is -2.20. The quantitative estimate of drug-likeness (QED) is 0.710. The SMILES string of the molecule is Cn1ccnc1C1CCCC(O)C1. The number of aliphatic hydroxyl groups excluding tert-OH is 1. The lowest BCUT2D eigenvalue weighted by atomic mass is 9.87. The first kappa shape index (κ1) is 8.75. The van der Waals surface area contributed by atoms with E-state index in [2.05, 4.69) is 9.55 Å². The van der Waals surface area contributed by atoms with E-state index < -0.39 is 0 Å². The first-order valence-corrected chi connectivity index (χ1v) is 4.92. The van der Waals surface area contributed by atoms with E-state index in [1.165, 1.54) is 6.42 Å². The minimum Gasteiger partial charge on any atom is -0.393 e. The maximum absolute atomic E-state index is 9.53. The Hall–Kier alpha value is -0.830. The van der Waals surface area contributed by atoms with Gasteiger partial charge in [-0.25, -0.2) is 4.98 Å². The minimum atomic E-state index is -0.115. The van der Waals surface area contributed by atoms with Gasteiger partial charge in [0.05, 0.1) is 6.10 Å². The molecule has 0 amide bonds. The average Bonchev–Trinajstić information content (AvgIpc) is 2.51. The number of imidazole rings is 1. The molecule has 0 aliphatic heterocycles. The van der Waals surface area contributed by atoms with Crippen LogP contribution in [-0.4, -0.2) is 20.8 Å². The fourth-order valence-corrected chi connectivity index (χ4v) is 2.17. The highest BCUT2D eigenvalue weighted by molar-refractivity contribution is 5.01. The smallest absolute Gasteiger partial charge is 0.111 e. The van der Waals surface area contributed by atoms with Gasteiger partial charge in [0.2, 0.25) is 0 Å². The zero-order chi connectivity index (χ0) is 9.26. The normalized spacial score (nSPS) is 29.1. The van der Waals surface area contributed by atoms with E-state index >= 15 is 0 Å². The monoisotopic (exact) mass is 180 g/mol. The van der Waals surface area contributed by atoms with Crippen molar-refractivity contribution in [1.82, 2.24) is 9.55 Å². The van der Waals surface area contributed by atoms with Crippen LogP contribution in [-0.2, 0) is 7.05 Å². The Morgan fingerprint density at radius 1 is 1.54 bits per heavy atom. The molecule has 1 aromatic heterocycles. The zero-order valence-corrected chi connectivity index (χ0v) is 7.98. The second kappa shape index (κ2) is 3.50. The van der Waals surface area contributed by atoms with Crippen molar-refractivity contribution in [2.24, 2.45) is 7.05 Å². The van der Waals surface area contributed by atoms with Gasteiger partial charge in [-0.2, -0.15) is 0 Å². The van der Waals surface area contributed by atoms with Gasteiger partial charge >= 0.3 is 0 Å². The van der Waals surface area contributed by atoms with E-state index in [1.807, 2.05) is 19.4 Å². The lowest BCUT2D eigenvalue weighted by molar-refractivity contribution is 0.117. The Bertz CT molecular complexity index is 282. The van der Waals surface area contributed by atoms with Gasteiger partial charge in [0.15, 0.2) is 0 Å². The molecule has 1 N–H and O–H groups in total. The molecule has 0 aromatic carbocycles. The summed E-state index contributed by atoms with van der Waals surface area (Å²) in [6.45, 7) is 0. The fraction of sp³-hybridized carbons (Fsp3) is 0.700. The summed E-state index contributed by atoms with van der Waals surface area (Å²) in [6, 6.07) is 0. The van der Waals surface area contributed by atoms with Crippen LogP contribution >= 0.6 is 0 Å². The lowest BCUT2D eigenvalue weighted by Gasteiger charge is -2.25. The maximum Gasteiger partial charge on any atom is 0.111 e. The predicted octanol–water partition coefficient (Wildman–Crippen LogP) is 1.44. The van der Waals surface area contributed by atoms with Gasteiger partial charge in [-0.3, -0.25) is 0 Å².